The van der Waals surface area contributed by atoms with Crippen LogP contribution in [-0.2, 0) is 0 Å². The zero-order valence-corrected chi connectivity index (χ0v) is 10.0. The van der Waals surface area contributed by atoms with Gasteiger partial charge in [-0.25, -0.2) is 9.37 Å². The molecule has 1 aliphatic heterocycles. The molecule has 1 aromatic heterocycles. The van der Waals surface area contributed by atoms with Gasteiger partial charge >= 0.3 is 0 Å². The topological polar surface area (TPSA) is 65.8 Å². The van der Waals surface area contributed by atoms with Crippen LogP contribution < -0.4 is 0 Å². The molecule has 0 saturated carbocycles. The first-order valence-corrected chi connectivity index (χ1v) is 5.73. The van der Waals surface area contributed by atoms with Crippen LogP contribution in [0.4, 0.5) is 4.39 Å². The molecular formula is C12H14FN3O2. The summed E-state index contributed by atoms with van der Waals surface area (Å²) in [5.74, 6) is -0.666. The maximum Gasteiger partial charge on any atom is 0.272 e. The lowest BCUT2D eigenvalue weighted by Gasteiger charge is -2.31. The average Bonchev–Trinajstić information content (AvgIpc) is 2.38. The van der Waals surface area contributed by atoms with Crippen molar-refractivity contribution in [2.24, 2.45) is 11.1 Å². The first-order valence-electron chi connectivity index (χ1n) is 5.73. The van der Waals surface area contributed by atoms with Crippen LogP contribution in [-0.4, -0.2) is 39.8 Å². The molecule has 1 fully saturated rings. The fourth-order valence-corrected chi connectivity index (χ4v) is 2.02. The normalized spacial score (nSPS) is 22.2. The Morgan fingerprint density at radius 2 is 2.39 bits per heavy atom. The van der Waals surface area contributed by atoms with Crippen LogP contribution in [0.15, 0.2) is 23.5 Å². The molecule has 0 bridgehead atoms. The molecule has 2 rings (SSSR count). The Bertz CT molecular complexity index is 473. The van der Waals surface area contributed by atoms with E-state index in [1.807, 2.05) is 6.92 Å². The quantitative estimate of drug-likeness (QED) is 0.608. The molecule has 5 nitrogen and oxygen atoms in total. The van der Waals surface area contributed by atoms with E-state index in [1.165, 1.54) is 12.1 Å². The molecule has 6 heteroatoms. The molecule has 1 unspecified atom stereocenters. The predicted octanol–water partition coefficient (Wildman–Crippen LogP) is 1.53. The summed E-state index contributed by atoms with van der Waals surface area (Å²) in [6.45, 7) is 2.87. The number of hydrogen-bond acceptors (Lipinski definition) is 4. The van der Waals surface area contributed by atoms with Crippen molar-refractivity contribution >= 4 is 11.6 Å². The predicted molar refractivity (Wildman–Crippen MR) is 63.1 cm³/mol. The summed E-state index contributed by atoms with van der Waals surface area (Å²) in [5.41, 5.74) is 0.930. The minimum absolute atomic E-state index is 0.0214. The number of piperidine rings is 1. The first-order chi connectivity index (χ1) is 8.61. The van der Waals surface area contributed by atoms with Crippen molar-refractivity contribution in [2.75, 3.05) is 13.1 Å². The lowest BCUT2D eigenvalue weighted by Crippen LogP contribution is -2.43. The zero-order valence-electron chi connectivity index (χ0n) is 10.0. The van der Waals surface area contributed by atoms with Gasteiger partial charge in [0.15, 0.2) is 0 Å². The molecule has 18 heavy (non-hydrogen) atoms. The van der Waals surface area contributed by atoms with Gasteiger partial charge in [-0.3, -0.25) is 4.79 Å². The molecule has 1 saturated heterocycles. The number of hydrogen-bond donors (Lipinski definition) is 1. The fourth-order valence-electron chi connectivity index (χ4n) is 2.02. The van der Waals surface area contributed by atoms with Gasteiger partial charge in [0.05, 0.1) is 11.9 Å². The fraction of sp³-hybridized carbons (Fsp3) is 0.417. The lowest BCUT2D eigenvalue weighted by atomic mass is 9.97. The largest absolute Gasteiger partial charge is 0.411 e. The van der Waals surface area contributed by atoms with E-state index in [0.29, 0.717) is 25.2 Å². The van der Waals surface area contributed by atoms with Gasteiger partial charge in [-0.15, -0.1) is 0 Å². The Morgan fingerprint density at radius 3 is 2.94 bits per heavy atom. The molecule has 1 atom stereocenters. The number of oxime groups is 1. The summed E-state index contributed by atoms with van der Waals surface area (Å²) in [5, 5.41) is 12.0. The molecule has 0 aromatic carbocycles. The Morgan fingerprint density at radius 1 is 1.61 bits per heavy atom. The number of halogens is 1. The number of rotatable bonds is 1. The highest BCUT2D eigenvalue weighted by Crippen LogP contribution is 2.15. The van der Waals surface area contributed by atoms with Gasteiger partial charge in [0.25, 0.3) is 5.91 Å². The Labute approximate surface area is 104 Å². The van der Waals surface area contributed by atoms with Gasteiger partial charge < -0.3 is 10.1 Å². The van der Waals surface area contributed by atoms with E-state index < -0.39 is 5.82 Å². The second kappa shape index (κ2) is 5.12. The van der Waals surface area contributed by atoms with Crippen LogP contribution in [0.3, 0.4) is 0 Å². The van der Waals surface area contributed by atoms with Gasteiger partial charge in [0.1, 0.15) is 11.5 Å². The number of likely N-dealkylation sites (tertiary alicyclic amines) is 1. The second-order valence-corrected chi connectivity index (χ2v) is 4.36. The molecule has 0 aliphatic carbocycles. The third kappa shape index (κ3) is 2.47. The van der Waals surface area contributed by atoms with Crippen molar-refractivity contribution in [3.8, 4) is 0 Å². The smallest absolute Gasteiger partial charge is 0.272 e. The zero-order chi connectivity index (χ0) is 13.1. The number of carbonyl (C=O) groups excluding carboxylic acids is 1. The Balaban J connectivity index is 2.09. The number of carbonyl (C=O) groups is 1. The summed E-state index contributed by atoms with van der Waals surface area (Å²) in [6.07, 6.45) is 1.58. The van der Waals surface area contributed by atoms with Crippen LogP contribution in [0.5, 0.6) is 0 Å². The van der Waals surface area contributed by atoms with E-state index in [-0.39, 0.29) is 17.5 Å². The minimum atomic E-state index is -0.465. The standard InChI is InChI=1S/C12H14FN3O2/c1-8-7-16(5-4-10(8)15-18)12(17)11-3-2-9(13)6-14-11/h2-3,6,8,18H,4-5,7H2,1H3/b15-10+. The summed E-state index contributed by atoms with van der Waals surface area (Å²) >= 11 is 0. The van der Waals surface area contributed by atoms with Crippen LogP contribution >= 0.6 is 0 Å². The number of pyridine rings is 1. The summed E-state index contributed by atoms with van der Waals surface area (Å²) in [6, 6.07) is 2.59. The molecule has 1 N–H and O–H groups in total. The molecule has 0 spiro atoms. The molecule has 96 valence electrons. The van der Waals surface area contributed by atoms with Gasteiger partial charge in [-0.2, -0.15) is 0 Å². The molecule has 1 amide bonds. The molecule has 0 radical (unpaired) electrons. The van der Waals surface area contributed by atoms with Gasteiger partial charge in [-0.05, 0) is 12.1 Å². The summed E-state index contributed by atoms with van der Waals surface area (Å²) in [7, 11) is 0. The van der Waals surface area contributed by atoms with Crippen molar-refractivity contribution in [3.05, 3.63) is 29.8 Å². The number of amides is 1. The van der Waals surface area contributed by atoms with Crippen LogP contribution in [0.2, 0.25) is 0 Å². The van der Waals surface area contributed by atoms with E-state index in [0.717, 1.165) is 6.20 Å². The van der Waals surface area contributed by atoms with Crippen molar-refractivity contribution in [1.29, 1.82) is 0 Å². The van der Waals surface area contributed by atoms with Crippen molar-refractivity contribution in [2.45, 2.75) is 13.3 Å². The highest BCUT2D eigenvalue weighted by atomic mass is 19.1. The van der Waals surface area contributed by atoms with Crippen molar-refractivity contribution in [3.63, 3.8) is 0 Å². The van der Waals surface area contributed by atoms with Crippen LogP contribution in [0.25, 0.3) is 0 Å². The molecule has 2 heterocycles. The lowest BCUT2D eigenvalue weighted by molar-refractivity contribution is 0.0728. The van der Waals surface area contributed by atoms with E-state index in [4.69, 9.17) is 5.21 Å². The molecule has 1 aromatic rings. The number of nitrogens with zero attached hydrogens (tertiary/aromatic N) is 3. The third-order valence-corrected chi connectivity index (χ3v) is 3.06. The minimum Gasteiger partial charge on any atom is -0.411 e. The Hall–Kier alpha value is -1.98. The number of aromatic nitrogens is 1. The Kier molecular flexibility index (Phi) is 3.55. The van der Waals surface area contributed by atoms with Gasteiger partial charge in [0, 0.05) is 25.4 Å². The maximum atomic E-state index is 12.7. The maximum absolute atomic E-state index is 12.7. The van der Waals surface area contributed by atoms with E-state index >= 15 is 0 Å². The van der Waals surface area contributed by atoms with E-state index in [1.54, 1.807) is 4.90 Å². The second-order valence-electron chi connectivity index (χ2n) is 4.36. The highest BCUT2D eigenvalue weighted by molar-refractivity contribution is 5.94. The first kappa shape index (κ1) is 12.5. The third-order valence-electron chi connectivity index (χ3n) is 3.06. The summed E-state index contributed by atoms with van der Waals surface area (Å²) in [4.78, 5) is 17.5. The SMILES string of the molecule is CC1CN(C(=O)c2ccc(F)cn2)CC/C1=N\O. The van der Waals surface area contributed by atoms with E-state index in [2.05, 4.69) is 10.1 Å². The van der Waals surface area contributed by atoms with Crippen molar-refractivity contribution in [1.82, 2.24) is 9.88 Å². The van der Waals surface area contributed by atoms with Gasteiger partial charge in [0.2, 0.25) is 0 Å². The van der Waals surface area contributed by atoms with Crippen molar-refractivity contribution < 1.29 is 14.4 Å². The highest BCUT2D eigenvalue weighted by Gasteiger charge is 2.27. The van der Waals surface area contributed by atoms with E-state index in [9.17, 15) is 9.18 Å². The van der Waals surface area contributed by atoms with Crippen LogP contribution in [0.1, 0.15) is 23.8 Å². The van der Waals surface area contributed by atoms with Gasteiger partial charge in [-0.1, -0.05) is 12.1 Å². The monoisotopic (exact) mass is 251 g/mol. The molecule has 1 aliphatic rings. The molecular weight excluding hydrogens is 237 g/mol. The van der Waals surface area contributed by atoms with Crippen LogP contribution in [0, 0.1) is 11.7 Å². The average molecular weight is 251 g/mol. The summed E-state index contributed by atoms with van der Waals surface area (Å²) < 4.78 is 12.7.